The highest BCUT2D eigenvalue weighted by Gasteiger charge is 2.39. The highest BCUT2D eigenvalue weighted by molar-refractivity contribution is 7.21. The number of hydrogen-bond donors (Lipinski definition) is 0. The topological polar surface area (TPSA) is 63.7 Å². The van der Waals surface area contributed by atoms with Crippen molar-refractivity contribution in [1.82, 2.24) is 5.06 Å². The van der Waals surface area contributed by atoms with Crippen molar-refractivity contribution in [3.8, 4) is 0 Å². The maximum Gasteiger partial charge on any atom is 0.375 e. The summed E-state index contributed by atoms with van der Waals surface area (Å²) in [5, 5.41) is 1.53. The summed E-state index contributed by atoms with van der Waals surface area (Å²) < 4.78 is 0.849. The highest BCUT2D eigenvalue weighted by atomic mass is 35.5. The maximum atomic E-state index is 12.6. The first-order valence-corrected chi connectivity index (χ1v) is 8.97. The second-order valence-corrected chi connectivity index (χ2v) is 7.46. The molecule has 0 bridgehead atoms. The Morgan fingerprint density at radius 3 is 2.31 bits per heavy atom. The van der Waals surface area contributed by atoms with Gasteiger partial charge in [0, 0.05) is 10.1 Å². The molecule has 1 aromatic heterocycles. The Morgan fingerprint density at radius 1 is 1.08 bits per heavy atom. The van der Waals surface area contributed by atoms with Gasteiger partial charge in [-0.15, -0.1) is 11.3 Å². The molecule has 1 aliphatic rings. The van der Waals surface area contributed by atoms with Gasteiger partial charge in [-0.2, -0.15) is 0 Å². The van der Waals surface area contributed by atoms with Gasteiger partial charge < -0.3 is 4.84 Å². The molecule has 130 valence electrons. The van der Waals surface area contributed by atoms with E-state index in [0.29, 0.717) is 5.06 Å². The Hall–Kier alpha value is -2.70. The van der Waals surface area contributed by atoms with Crippen LogP contribution in [-0.4, -0.2) is 22.8 Å². The van der Waals surface area contributed by atoms with Crippen molar-refractivity contribution in [2.45, 2.75) is 13.8 Å². The fraction of sp³-hybridized carbons (Fsp3) is 0.105. The van der Waals surface area contributed by atoms with Crippen molar-refractivity contribution >= 4 is 50.8 Å². The van der Waals surface area contributed by atoms with Crippen LogP contribution in [0.2, 0.25) is 5.02 Å². The number of rotatable bonds is 2. The fourth-order valence-corrected chi connectivity index (χ4v) is 4.71. The van der Waals surface area contributed by atoms with Crippen LogP contribution in [0.25, 0.3) is 10.1 Å². The summed E-state index contributed by atoms with van der Waals surface area (Å²) in [7, 11) is 0. The van der Waals surface area contributed by atoms with Crippen LogP contribution in [0.5, 0.6) is 0 Å². The molecule has 26 heavy (non-hydrogen) atoms. The van der Waals surface area contributed by atoms with Crippen LogP contribution in [0.1, 0.15) is 41.5 Å². The lowest BCUT2D eigenvalue weighted by molar-refractivity contribution is -0.0581. The number of nitrogens with zero attached hydrogens (tertiary/aromatic N) is 1. The van der Waals surface area contributed by atoms with Crippen LogP contribution in [0.3, 0.4) is 0 Å². The predicted molar refractivity (Wildman–Crippen MR) is 98.7 cm³/mol. The molecule has 0 unspecified atom stereocenters. The largest absolute Gasteiger partial charge is 0.375 e. The number of amides is 2. The SMILES string of the molecule is Cc1cc(C)c2c(Cl)c(C(=O)ON3C(=O)c4ccccc4C3=O)sc2c1. The second-order valence-electron chi connectivity index (χ2n) is 6.03. The normalized spacial score (nSPS) is 13.4. The minimum absolute atomic E-state index is 0.159. The molecule has 0 N–H and O–H groups in total. The van der Waals surface area contributed by atoms with Gasteiger partial charge in [-0.3, -0.25) is 9.59 Å². The summed E-state index contributed by atoms with van der Waals surface area (Å²) in [5.41, 5.74) is 2.41. The number of hydroxylamine groups is 2. The molecule has 2 heterocycles. The van der Waals surface area contributed by atoms with Crippen molar-refractivity contribution in [3.63, 3.8) is 0 Å². The van der Waals surface area contributed by atoms with E-state index >= 15 is 0 Å². The number of thiophene rings is 1. The zero-order valence-corrected chi connectivity index (χ0v) is 15.4. The molecule has 1 aliphatic heterocycles. The number of hydrogen-bond acceptors (Lipinski definition) is 5. The maximum absolute atomic E-state index is 12.6. The Labute approximate surface area is 157 Å². The van der Waals surface area contributed by atoms with Gasteiger partial charge in [0.25, 0.3) is 11.8 Å². The third-order valence-electron chi connectivity index (χ3n) is 4.19. The molecular formula is C19H12ClNO4S. The first kappa shape index (κ1) is 16.8. The average molecular weight is 386 g/mol. The van der Waals surface area contributed by atoms with Gasteiger partial charge in [-0.25, -0.2) is 4.79 Å². The first-order valence-electron chi connectivity index (χ1n) is 7.78. The number of carbonyl (C=O) groups is 3. The summed E-state index contributed by atoms with van der Waals surface area (Å²) in [6.45, 7) is 3.87. The standard InChI is InChI=1S/C19H12ClNO4S/c1-9-7-10(2)14-13(8-9)26-16(15(14)20)19(24)25-21-17(22)11-5-3-4-6-12(11)18(21)23/h3-8H,1-2H3. The van der Waals surface area contributed by atoms with E-state index in [0.717, 1.165) is 21.2 Å². The first-order chi connectivity index (χ1) is 12.4. The van der Waals surface area contributed by atoms with Gasteiger partial charge in [0.1, 0.15) is 4.88 Å². The van der Waals surface area contributed by atoms with Crippen molar-refractivity contribution in [1.29, 1.82) is 0 Å². The molecule has 2 aromatic carbocycles. The summed E-state index contributed by atoms with van der Waals surface area (Å²) in [5.74, 6) is -2.16. The molecule has 0 fully saturated rings. The fourth-order valence-electron chi connectivity index (χ4n) is 3.06. The number of benzene rings is 2. The lowest BCUT2D eigenvalue weighted by Gasteiger charge is -2.11. The smallest absolute Gasteiger partial charge is 0.323 e. The lowest BCUT2D eigenvalue weighted by atomic mass is 10.1. The third kappa shape index (κ3) is 2.41. The molecule has 7 heteroatoms. The van der Waals surface area contributed by atoms with E-state index in [1.54, 1.807) is 12.1 Å². The zero-order valence-electron chi connectivity index (χ0n) is 13.8. The van der Waals surface area contributed by atoms with Crippen molar-refractivity contribution in [2.75, 3.05) is 0 Å². The third-order valence-corrected chi connectivity index (χ3v) is 5.80. The number of fused-ring (bicyclic) bond motifs is 2. The Kier molecular flexibility index (Phi) is 3.82. The van der Waals surface area contributed by atoms with E-state index in [1.807, 2.05) is 26.0 Å². The number of aryl methyl sites for hydroxylation is 2. The molecule has 4 rings (SSSR count). The summed E-state index contributed by atoms with van der Waals surface area (Å²) in [6, 6.07) is 10.2. The zero-order chi connectivity index (χ0) is 18.6. The quantitative estimate of drug-likeness (QED) is 0.607. The van der Waals surface area contributed by atoms with E-state index in [9.17, 15) is 14.4 Å². The lowest BCUT2D eigenvalue weighted by Crippen LogP contribution is -2.32. The molecule has 5 nitrogen and oxygen atoms in total. The number of imide groups is 1. The van der Waals surface area contributed by atoms with Crippen LogP contribution < -0.4 is 0 Å². The molecule has 2 amide bonds. The molecule has 0 radical (unpaired) electrons. The van der Waals surface area contributed by atoms with E-state index in [1.165, 1.54) is 23.5 Å². The highest BCUT2D eigenvalue weighted by Crippen LogP contribution is 2.38. The van der Waals surface area contributed by atoms with E-state index in [2.05, 4.69) is 0 Å². The van der Waals surface area contributed by atoms with Crippen molar-refractivity contribution < 1.29 is 19.2 Å². The van der Waals surface area contributed by atoms with Crippen LogP contribution in [-0.2, 0) is 4.84 Å². The molecular weight excluding hydrogens is 374 g/mol. The number of halogens is 1. The molecule has 0 saturated heterocycles. The van der Waals surface area contributed by atoms with E-state index < -0.39 is 17.8 Å². The molecule has 0 atom stereocenters. The van der Waals surface area contributed by atoms with Crippen LogP contribution in [0.4, 0.5) is 0 Å². The van der Waals surface area contributed by atoms with E-state index in [-0.39, 0.29) is 21.0 Å². The van der Waals surface area contributed by atoms with Crippen LogP contribution in [0.15, 0.2) is 36.4 Å². The van der Waals surface area contributed by atoms with Crippen molar-refractivity contribution in [3.05, 3.63) is 68.6 Å². The molecule has 0 saturated carbocycles. The van der Waals surface area contributed by atoms with Gasteiger partial charge in [-0.1, -0.05) is 34.9 Å². The minimum atomic E-state index is -0.831. The van der Waals surface area contributed by atoms with Gasteiger partial charge in [0.05, 0.1) is 16.1 Å². The summed E-state index contributed by atoms with van der Waals surface area (Å²) in [6.07, 6.45) is 0. The van der Waals surface area contributed by atoms with Crippen LogP contribution in [0, 0.1) is 13.8 Å². The second kappa shape index (κ2) is 5.93. The molecule has 0 spiro atoms. The summed E-state index contributed by atoms with van der Waals surface area (Å²) in [4.78, 5) is 42.5. The van der Waals surface area contributed by atoms with Crippen molar-refractivity contribution in [2.24, 2.45) is 0 Å². The summed E-state index contributed by atoms with van der Waals surface area (Å²) >= 11 is 7.55. The Morgan fingerprint density at radius 2 is 1.69 bits per heavy atom. The van der Waals surface area contributed by atoms with Gasteiger partial charge in [0.2, 0.25) is 0 Å². The average Bonchev–Trinajstić information content (AvgIpc) is 3.05. The Balaban J connectivity index is 1.69. The number of carbonyl (C=O) groups excluding carboxylic acids is 3. The van der Waals surface area contributed by atoms with Gasteiger partial charge >= 0.3 is 5.97 Å². The molecule has 0 aliphatic carbocycles. The van der Waals surface area contributed by atoms with Gasteiger partial charge in [-0.05, 0) is 43.2 Å². The van der Waals surface area contributed by atoms with Gasteiger partial charge in [0.15, 0.2) is 0 Å². The Bertz CT molecular complexity index is 1080. The minimum Gasteiger partial charge on any atom is -0.323 e. The van der Waals surface area contributed by atoms with E-state index in [4.69, 9.17) is 16.4 Å². The molecule has 3 aromatic rings. The monoisotopic (exact) mass is 385 g/mol. The van der Waals surface area contributed by atoms with Crippen LogP contribution >= 0.6 is 22.9 Å². The predicted octanol–water partition coefficient (Wildman–Crippen LogP) is 4.54.